The Morgan fingerprint density at radius 3 is 2.72 bits per heavy atom. The highest BCUT2D eigenvalue weighted by Crippen LogP contribution is 2.25. The van der Waals surface area contributed by atoms with Crippen molar-refractivity contribution in [2.75, 3.05) is 33.2 Å². The van der Waals surface area contributed by atoms with Crippen LogP contribution in [-0.4, -0.2) is 73.5 Å². The second-order valence-corrected chi connectivity index (χ2v) is 9.13. The van der Waals surface area contributed by atoms with E-state index in [1.165, 1.54) is 22.1 Å². The van der Waals surface area contributed by atoms with Gasteiger partial charge >= 0.3 is 0 Å². The Bertz CT molecular complexity index is 1150. The lowest BCUT2D eigenvalue weighted by Crippen LogP contribution is -2.65. The van der Waals surface area contributed by atoms with Crippen LogP contribution in [0.15, 0.2) is 67.4 Å². The lowest BCUT2D eigenvalue weighted by molar-refractivity contribution is -0.114. The van der Waals surface area contributed by atoms with E-state index in [1.54, 1.807) is 12.7 Å². The molecule has 1 saturated heterocycles. The molecule has 1 aliphatic heterocycles. The van der Waals surface area contributed by atoms with Crippen LogP contribution in [0.1, 0.15) is 16.7 Å². The monoisotopic (exact) mass is 430 g/mol. The fourth-order valence-electron chi connectivity index (χ4n) is 4.76. The fourth-order valence-corrected chi connectivity index (χ4v) is 4.76. The van der Waals surface area contributed by atoms with E-state index in [0.29, 0.717) is 13.1 Å². The minimum Gasteiger partial charge on any atom is -0.386 e. The molecule has 166 valence electrons. The standard InChI is InChI=1S/C25H30N6O/c1-29(15-25(32)16-30(17-25)13-20-5-3-2-4-6-20)10-9-22-12-27-24-8-7-21(11-23(22)24)14-31-19-26-18-28-31/h2-8,11-12,18-19,27,32H,9-10,13-17H2,1H3. The second kappa shape index (κ2) is 8.86. The number of benzene rings is 2. The molecule has 0 aliphatic carbocycles. The van der Waals surface area contributed by atoms with Crippen molar-refractivity contribution in [3.63, 3.8) is 0 Å². The molecule has 1 fully saturated rings. The van der Waals surface area contributed by atoms with Gasteiger partial charge in [-0.25, -0.2) is 9.67 Å². The van der Waals surface area contributed by atoms with Gasteiger partial charge in [0, 0.05) is 49.8 Å². The van der Waals surface area contributed by atoms with E-state index in [4.69, 9.17) is 0 Å². The fraction of sp³-hybridized carbons (Fsp3) is 0.360. The lowest BCUT2D eigenvalue weighted by atomic mass is 9.92. The van der Waals surface area contributed by atoms with Gasteiger partial charge in [-0.15, -0.1) is 0 Å². The molecule has 0 saturated carbocycles. The lowest BCUT2D eigenvalue weighted by Gasteiger charge is -2.48. The van der Waals surface area contributed by atoms with Gasteiger partial charge in [0.05, 0.1) is 6.54 Å². The number of H-pyrrole nitrogens is 1. The highest BCUT2D eigenvalue weighted by molar-refractivity contribution is 5.83. The van der Waals surface area contributed by atoms with E-state index >= 15 is 0 Å². The highest BCUT2D eigenvalue weighted by Gasteiger charge is 2.41. The predicted molar refractivity (Wildman–Crippen MR) is 125 cm³/mol. The number of aromatic amines is 1. The molecule has 32 heavy (non-hydrogen) atoms. The van der Waals surface area contributed by atoms with E-state index in [1.807, 2.05) is 10.7 Å². The summed E-state index contributed by atoms with van der Waals surface area (Å²) in [6.45, 7) is 4.67. The van der Waals surface area contributed by atoms with Crippen molar-refractivity contribution in [3.05, 3.63) is 84.1 Å². The van der Waals surface area contributed by atoms with Gasteiger partial charge in [0.2, 0.25) is 0 Å². The van der Waals surface area contributed by atoms with Crippen molar-refractivity contribution in [1.29, 1.82) is 0 Å². The number of nitrogens with zero attached hydrogens (tertiary/aromatic N) is 5. The predicted octanol–water partition coefficient (Wildman–Crippen LogP) is 2.53. The van der Waals surface area contributed by atoms with Crippen molar-refractivity contribution in [2.24, 2.45) is 0 Å². The Kier molecular flexibility index (Phi) is 5.78. The molecule has 5 rings (SSSR count). The third-order valence-corrected chi connectivity index (χ3v) is 6.25. The second-order valence-electron chi connectivity index (χ2n) is 9.13. The van der Waals surface area contributed by atoms with Gasteiger partial charge in [0.1, 0.15) is 18.3 Å². The number of hydrogen-bond donors (Lipinski definition) is 2. The van der Waals surface area contributed by atoms with Crippen molar-refractivity contribution in [3.8, 4) is 0 Å². The van der Waals surface area contributed by atoms with Crippen molar-refractivity contribution < 1.29 is 5.11 Å². The largest absolute Gasteiger partial charge is 0.386 e. The van der Waals surface area contributed by atoms with Gasteiger partial charge in [-0.05, 0) is 42.3 Å². The maximum Gasteiger partial charge on any atom is 0.137 e. The van der Waals surface area contributed by atoms with Crippen LogP contribution in [-0.2, 0) is 19.5 Å². The average molecular weight is 431 g/mol. The summed E-state index contributed by atoms with van der Waals surface area (Å²) < 4.78 is 1.83. The number of hydrogen-bond acceptors (Lipinski definition) is 5. The van der Waals surface area contributed by atoms with Crippen LogP contribution in [0.4, 0.5) is 0 Å². The number of fused-ring (bicyclic) bond motifs is 1. The van der Waals surface area contributed by atoms with Crippen LogP contribution < -0.4 is 0 Å². The van der Waals surface area contributed by atoms with E-state index in [-0.39, 0.29) is 0 Å². The number of aliphatic hydroxyl groups is 1. The summed E-state index contributed by atoms with van der Waals surface area (Å²) in [6.07, 6.45) is 6.35. The summed E-state index contributed by atoms with van der Waals surface area (Å²) in [4.78, 5) is 12.0. The van der Waals surface area contributed by atoms with E-state index in [2.05, 4.69) is 80.6 Å². The SMILES string of the molecule is CN(CCc1c[nH]c2ccc(Cn3cncn3)cc12)CC1(O)CN(Cc2ccccc2)C1. The Morgan fingerprint density at radius 1 is 1.09 bits per heavy atom. The van der Waals surface area contributed by atoms with Crippen LogP contribution >= 0.6 is 0 Å². The molecular formula is C25H30N6O. The van der Waals surface area contributed by atoms with Gasteiger partial charge in [-0.2, -0.15) is 5.10 Å². The molecule has 3 heterocycles. The van der Waals surface area contributed by atoms with Crippen molar-refractivity contribution in [1.82, 2.24) is 29.5 Å². The number of likely N-dealkylation sites (tertiary alicyclic amines) is 1. The van der Waals surface area contributed by atoms with E-state index in [9.17, 15) is 5.11 Å². The van der Waals surface area contributed by atoms with E-state index < -0.39 is 5.60 Å². The molecule has 1 aliphatic rings. The quantitative estimate of drug-likeness (QED) is 0.427. The first-order valence-electron chi connectivity index (χ1n) is 11.1. The normalized spacial score (nSPS) is 16.0. The zero-order chi connectivity index (χ0) is 22.0. The van der Waals surface area contributed by atoms with E-state index in [0.717, 1.165) is 38.1 Å². The van der Waals surface area contributed by atoms with Crippen LogP contribution in [0.25, 0.3) is 10.9 Å². The number of rotatable bonds is 9. The summed E-state index contributed by atoms with van der Waals surface area (Å²) in [5, 5.41) is 16.4. The topological polar surface area (TPSA) is 73.2 Å². The number of likely N-dealkylation sites (N-methyl/N-ethyl adjacent to an activating group) is 1. The maximum atomic E-state index is 10.9. The Balaban J connectivity index is 1.14. The summed E-state index contributed by atoms with van der Waals surface area (Å²) >= 11 is 0. The van der Waals surface area contributed by atoms with Gasteiger partial charge < -0.3 is 15.0 Å². The molecule has 0 bridgehead atoms. The summed E-state index contributed by atoms with van der Waals surface area (Å²) in [5.74, 6) is 0. The first-order valence-corrected chi connectivity index (χ1v) is 11.1. The van der Waals surface area contributed by atoms with Crippen LogP contribution in [0.3, 0.4) is 0 Å². The maximum absolute atomic E-state index is 10.9. The Morgan fingerprint density at radius 2 is 1.94 bits per heavy atom. The number of β-amino-alcohol motifs (C(OH)–C–C–N with tert-alkyl or cyclic N) is 1. The van der Waals surface area contributed by atoms with Gasteiger partial charge in [0.15, 0.2) is 0 Å². The average Bonchev–Trinajstić information content (AvgIpc) is 3.41. The minimum atomic E-state index is -0.616. The first-order chi connectivity index (χ1) is 15.6. The third kappa shape index (κ3) is 4.75. The molecule has 7 heteroatoms. The molecule has 0 amide bonds. The smallest absolute Gasteiger partial charge is 0.137 e. The Labute approximate surface area is 188 Å². The molecular weight excluding hydrogens is 400 g/mol. The van der Waals surface area contributed by atoms with Crippen molar-refractivity contribution >= 4 is 10.9 Å². The number of aromatic nitrogens is 4. The van der Waals surface area contributed by atoms with Crippen molar-refractivity contribution in [2.45, 2.75) is 25.1 Å². The molecule has 0 atom stereocenters. The van der Waals surface area contributed by atoms with Crippen LogP contribution in [0, 0.1) is 0 Å². The first kappa shape index (κ1) is 20.9. The highest BCUT2D eigenvalue weighted by atomic mass is 16.3. The summed E-state index contributed by atoms with van der Waals surface area (Å²) in [6, 6.07) is 17.0. The minimum absolute atomic E-state index is 0.616. The Hall–Kier alpha value is -3.00. The van der Waals surface area contributed by atoms with Crippen LogP contribution in [0.5, 0.6) is 0 Å². The molecule has 0 radical (unpaired) electrons. The summed E-state index contributed by atoms with van der Waals surface area (Å²) in [5.41, 5.74) is 4.34. The zero-order valence-electron chi connectivity index (χ0n) is 18.5. The van der Waals surface area contributed by atoms with Crippen LogP contribution in [0.2, 0.25) is 0 Å². The molecule has 2 aromatic carbocycles. The molecule has 0 spiro atoms. The third-order valence-electron chi connectivity index (χ3n) is 6.25. The van der Waals surface area contributed by atoms with Gasteiger partial charge in [0.25, 0.3) is 0 Å². The molecule has 2 N–H and O–H groups in total. The number of nitrogens with one attached hydrogen (secondary N) is 1. The van der Waals surface area contributed by atoms with Gasteiger partial charge in [-0.3, -0.25) is 4.90 Å². The van der Waals surface area contributed by atoms with Gasteiger partial charge in [-0.1, -0.05) is 36.4 Å². The zero-order valence-corrected chi connectivity index (χ0v) is 18.5. The molecule has 7 nitrogen and oxygen atoms in total. The molecule has 2 aromatic heterocycles. The molecule has 4 aromatic rings. The summed E-state index contributed by atoms with van der Waals surface area (Å²) in [7, 11) is 2.10. The molecule has 0 unspecified atom stereocenters.